The summed E-state index contributed by atoms with van der Waals surface area (Å²) in [6.45, 7) is 3.97. The van der Waals surface area contributed by atoms with Crippen LogP contribution in [-0.2, 0) is 15.6 Å². The van der Waals surface area contributed by atoms with Crippen LogP contribution in [0.3, 0.4) is 0 Å². The Morgan fingerprint density at radius 2 is 1.48 bits per heavy atom. The summed E-state index contributed by atoms with van der Waals surface area (Å²) in [6, 6.07) is 15.0. The van der Waals surface area contributed by atoms with Crippen LogP contribution >= 0.6 is 11.3 Å². The Balaban J connectivity index is 1.83. The number of hydrogen-bond donors (Lipinski definition) is 0. The minimum absolute atomic E-state index is 0.0629. The first-order valence-electron chi connectivity index (χ1n) is 7.25. The van der Waals surface area contributed by atoms with E-state index in [1.165, 1.54) is 16.9 Å². The van der Waals surface area contributed by atoms with Crippen LogP contribution in [0.4, 0.5) is 0 Å². The molecule has 0 radical (unpaired) electrons. The topological polar surface area (TPSA) is 47.0 Å². The zero-order chi connectivity index (χ0) is 16.4. The normalized spacial score (nSPS) is 11.6. The lowest BCUT2D eigenvalue weighted by Gasteiger charge is -2.03. The van der Waals surface area contributed by atoms with Gasteiger partial charge >= 0.3 is 0 Å². The average molecular weight is 343 g/mol. The van der Waals surface area contributed by atoms with Gasteiger partial charge in [0.1, 0.15) is 10.8 Å². The van der Waals surface area contributed by atoms with Crippen molar-refractivity contribution in [3.05, 3.63) is 70.0 Å². The van der Waals surface area contributed by atoms with Crippen molar-refractivity contribution in [1.29, 1.82) is 0 Å². The zero-order valence-corrected chi connectivity index (χ0v) is 14.6. The van der Waals surface area contributed by atoms with Crippen LogP contribution in [0.15, 0.2) is 58.8 Å². The molecule has 3 aromatic rings. The van der Waals surface area contributed by atoms with Crippen LogP contribution in [0.1, 0.15) is 16.1 Å². The van der Waals surface area contributed by atoms with Crippen LogP contribution < -0.4 is 0 Å². The fourth-order valence-electron chi connectivity index (χ4n) is 2.23. The largest absolute Gasteiger partial charge is 0.240 e. The maximum atomic E-state index is 12.5. The van der Waals surface area contributed by atoms with Crippen LogP contribution in [0, 0.1) is 13.8 Å². The molecule has 0 aliphatic carbocycles. The highest BCUT2D eigenvalue weighted by Gasteiger charge is 2.17. The van der Waals surface area contributed by atoms with Gasteiger partial charge in [0.05, 0.1) is 10.6 Å². The van der Waals surface area contributed by atoms with Gasteiger partial charge in [-0.05, 0) is 26.0 Å². The molecular weight excluding hydrogens is 326 g/mol. The van der Waals surface area contributed by atoms with Crippen molar-refractivity contribution >= 4 is 21.2 Å². The van der Waals surface area contributed by atoms with Crippen molar-refractivity contribution in [2.45, 2.75) is 24.5 Å². The fourth-order valence-corrected chi connectivity index (χ4v) is 4.66. The van der Waals surface area contributed by atoms with Crippen molar-refractivity contribution in [2.24, 2.45) is 0 Å². The summed E-state index contributed by atoms with van der Waals surface area (Å²) < 4.78 is 24.9. The summed E-state index contributed by atoms with van der Waals surface area (Å²) in [7, 11) is -3.36. The average Bonchev–Trinajstić information content (AvgIpc) is 2.96. The smallest absolute Gasteiger partial charge is 0.184 e. The van der Waals surface area contributed by atoms with E-state index >= 15 is 0 Å². The van der Waals surface area contributed by atoms with E-state index in [-0.39, 0.29) is 5.75 Å². The molecule has 3 rings (SSSR count). The van der Waals surface area contributed by atoms with Gasteiger partial charge in [-0.25, -0.2) is 13.4 Å². The first-order valence-corrected chi connectivity index (χ1v) is 9.78. The number of hydrogen-bond acceptors (Lipinski definition) is 4. The van der Waals surface area contributed by atoms with Crippen molar-refractivity contribution < 1.29 is 8.42 Å². The lowest BCUT2D eigenvalue weighted by atomic mass is 10.1. The summed E-state index contributed by atoms with van der Waals surface area (Å²) in [5, 5.41) is 2.52. The Morgan fingerprint density at radius 3 is 2.09 bits per heavy atom. The lowest BCUT2D eigenvalue weighted by molar-refractivity contribution is 0.595. The van der Waals surface area contributed by atoms with Gasteiger partial charge in [-0.15, -0.1) is 11.3 Å². The van der Waals surface area contributed by atoms with E-state index in [0.717, 1.165) is 16.8 Å². The highest BCUT2D eigenvalue weighted by molar-refractivity contribution is 7.90. The predicted molar refractivity (Wildman–Crippen MR) is 94.4 cm³/mol. The molecule has 1 heterocycles. The summed E-state index contributed by atoms with van der Waals surface area (Å²) in [6.07, 6.45) is 0. The maximum absolute atomic E-state index is 12.5. The van der Waals surface area contributed by atoms with Crippen molar-refractivity contribution in [1.82, 2.24) is 4.98 Å². The summed E-state index contributed by atoms with van der Waals surface area (Å²) >= 11 is 1.38. The Kier molecular flexibility index (Phi) is 4.33. The molecule has 0 saturated heterocycles. The minimum Gasteiger partial charge on any atom is -0.240 e. The minimum atomic E-state index is -3.36. The molecule has 0 aliphatic rings. The molecule has 1 aromatic heterocycles. The third kappa shape index (κ3) is 3.68. The Bertz CT molecular complexity index is 908. The van der Waals surface area contributed by atoms with E-state index in [0.29, 0.717) is 9.90 Å². The monoisotopic (exact) mass is 343 g/mol. The second kappa shape index (κ2) is 6.26. The summed E-state index contributed by atoms with van der Waals surface area (Å²) in [5.74, 6) is -0.0629. The molecule has 2 aromatic carbocycles. The van der Waals surface area contributed by atoms with Crippen LogP contribution in [-0.4, -0.2) is 13.4 Å². The quantitative estimate of drug-likeness (QED) is 0.705. The molecule has 0 bridgehead atoms. The Morgan fingerprint density at radius 1 is 0.913 bits per heavy atom. The third-order valence-corrected chi connectivity index (χ3v) is 6.27. The molecule has 0 aliphatic heterocycles. The zero-order valence-electron chi connectivity index (χ0n) is 13.0. The van der Waals surface area contributed by atoms with E-state index in [4.69, 9.17) is 0 Å². The van der Waals surface area contributed by atoms with Gasteiger partial charge < -0.3 is 0 Å². The van der Waals surface area contributed by atoms with E-state index in [1.807, 2.05) is 55.6 Å². The molecule has 0 saturated carbocycles. The number of rotatable bonds is 4. The number of thiazole rings is 1. The van der Waals surface area contributed by atoms with E-state index < -0.39 is 9.84 Å². The molecule has 0 N–H and O–H groups in total. The molecule has 118 valence electrons. The van der Waals surface area contributed by atoms with Gasteiger partial charge in [0.2, 0.25) is 0 Å². The number of benzene rings is 2. The van der Waals surface area contributed by atoms with Crippen LogP contribution in [0.5, 0.6) is 0 Å². The predicted octanol–water partition coefficient (Wildman–Crippen LogP) is 4.40. The Labute approximate surface area is 140 Å². The van der Waals surface area contributed by atoms with Gasteiger partial charge in [-0.2, -0.15) is 0 Å². The highest BCUT2D eigenvalue weighted by atomic mass is 32.2. The number of aromatic nitrogens is 1. The molecule has 23 heavy (non-hydrogen) atoms. The van der Waals surface area contributed by atoms with Gasteiger partial charge in [-0.3, -0.25) is 0 Å². The van der Waals surface area contributed by atoms with Gasteiger partial charge in [0.25, 0.3) is 0 Å². The number of aryl methyl sites for hydroxylation is 2. The second-order valence-corrected chi connectivity index (χ2v) is 8.50. The molecule has 0 atom stereocenters. The Hall–Kier alpha value is -1.98. The third-order valence-electron chi connectivity index (χ3n) is 3.59. The maximum Gasteiger partial charge on any atom is 0.184 e. The molecular formula is C18H17NO2S2. The molecule has 0 fully saturated rings. The first kappa shape index (κ1) is 15.9. The highest BCUT2D eigenvalue weighted by Crippen LogP contribution is 2.25. The molecule has 3 nitrogen and oxygen atoms in total. The van der Waals surface area contributed by atoms with Gasteiger partial charge in [0, 0.05) is 10.9 Å². The van der Waals surface area contributed by atoms with Gasteiger partial charge in [0.15, 0.2) is 9.84 Å². The van der Waals surface area contributed by atoms with Crippen molar-refractivity contribution in [3.63, 3.8) is 0 Å². The van der Waals surface area contributed by atoms with E-state index in [9.17, 15) is 8.42 Å². The van der Waals surface area contributed by atoms with Crippen molar-refractivity contribution in [2.75, 3.05) is 0 Å². The summed E-state index contributed by atoms with van der Waals surface area (Å²) in [4.78, 5) is 4.82. The summed E-state index contributed by atoms with van der Waals surface area (Å²) in [5.41, 5.74) is 4.06. The number of sulfone groups is 1. The first-order chi connectivity index (χ1) is 10.9. The SMILES string of the molecule is Cc1ccc(-c2csc(CS(=O)(=O)c3ccc(C)cc3)n2)cc1. The van der Waals surface area contributed by atoms with E-state index in [1.54, 1.807) is 12.1 Å². The standard InChI is InChI=1S/C18H17NO2S2/c1-13-3-7-15(8-4-13)17-11-22-18(19-17)12-23(20,21)16-9-5-14(2)6-10-16/h3-11H,12H2,1-2H3. The number of nitrogens with zero attached hydrogens (tertiary/aromatic N) is 1. The van der Waals surface area contributed by atoms with Crippen molar-refractivity contribution in [3.8, 4) is 11.3 Å². The molecule has 5 heteroatoms. The molecule has 0 amide bonds. The van der Waals surface area contributed by atoms with E-state index in [2.05, 4.69) is 4.98 Å². The lowest BCUT2D eigenvalue weighted by Crippen LogP contribution is -2.04. The molecule has 0 spiro atoms. The molecule has 0 unspecified atom stereocenters. The van der Waals surface area contributed by atoms with Gasteiger partial charge in [-0.1, -0.05) is 47.5 Å². The van der Waals surface area contributed by atoms with Crippen LogP contribution in [0.2, 0.25) is 0 Å². The van der Waals surface area contributed by atoms with Crippen LogP contribution in [0.25, 0.3) is 11.3 Å². The fraction of sp³-hybridized carbons (Fsp3) is 0.167. The second-order valence-electron chi connectivity index (χ2n) is 5.56.